The zero-order chi connectivity index (χ0) is 19.0. The fourth-order valence-electron chi connectivity index (χ4n) is 3.08. The second-order valence-electron chi connectivity index (χ2n) is 6.05. The van der Waals surface area contributed by atoms with Crippen LogP contribution < -0.4 is 15.6 Å². The Bertz CT molecular complexity index is 1220. The third-order valence-electron chi connectivity index (χ3n) is 4.38. The zero-order valence-corrected chi connectivity index (χ0v) is 15.0. The highest BCUT2D eigenvalue weighted by Gasteiger charge is 2.18. The predicted molar refractivity (Wildman–Crippen MR) is 104 cm³/mol. The monoisotopic (exact) mass is 362 g/mol. The molecule has 0 saturated heterocycles. The highest BCUT2D eigenvalue weighted by molar-refractivity contribution is 6.06. The van der Waals surface area contributed by atoms with Crippen LogP contribution in [0, 0.1) is 0 Å². The average Bonchev–Trinajstić information content (AvgIpc) is 3.01. The van der Waals surface area contributed by atoms with E-state index in [1.54, 1.807) is 48.1 Å². The van der Waals surface area contributed by atoms with Gasteiger partial charge in [0, 0.05) is 13.2 Å². The number of para-hydroxylation sites is 2. The van der Waals surface area contributed by atoms with E-state index in [2.05, 4.69) is 10.3 Å². The number of benzene rings is 1. The van der Waals surface area contributed by atoms with Crippen LogP contribution in [0.1, 0.15) is 17.4 Å². The fourth-order valence-corrected chi connectivity index (χ4v) is 3.08. The van der Waals surface area contributed by atoms with E-state index in [0.29, 0.717) is 40.4 Å². The summed E-state index contributed by atoms with van der Waals surface area (Å²) < 4.78 is 8.64. The third kappa shape index (κ3) is 2.83. The van der Waals surface area contributed by atoms with Crippen molar-refractivity contribution in [1.82, 2.24) is 14.0 Å². The second-order valence-corrected chi connectivity index (χ2v) is 6.05. The number of hydrogen-bond donors (Lipinski definition) is 1. The first-order valence-corrected chi connectivity index (χ1v) is 8.60. The van der Waals surface area contributed by atoms with Gasteiger partial charge in [0.05, 0.1) is 17.7 Å². The second kappa shape index (κ2) is 6.60. The lowest BCUT2D eigenvalue weighted by Gasteiger charge is -2.11. The van der Waals surface area contributed by atoms with Crippen LogP contribution in [-0.4, -0.2) is 26.5 Å². The van der Waals surface area contributed by atoms with Crippen LogP contribution in [0.25, 0.3) is 16.7 Å². The summed E-state index contributed by atoms with van der Waals surface area (Å²) in [6.07, 6.45) is 1.66. The van der Waals surface area contributed by atoms with Crippen LogP contribution in [0.5, 0.6) is 5.75 Å². The van der Waals surface area contributed by atoms with Crippen LogP contribution in [0.3, 0.4) is 0 Å². The van der Waals surface area contributed by atoms with Crippen molar-refractivity contribution >= 4 is 28.3 Å². The van der Waals surface area contributed by atoms with Crippen molar-refractivity contribution in [3.05, 3.63) is 70.8 Å². The molecule has 136 valence electrons. The van der Waals surface area contributed by atoms with E-state index < -0.39 is 0 Å². The van der Waals surface area contributed by atoms with Gasteiger partial charge in [-0.05, 0) is 37.3 Å². The van der Waals surface area contributed by atoms with Gasteiger partial charge in [-0.3, -0.25) is 14.0 Å². The molecule has 3 heterocycles. The number of anilines is 1. The molecule has 0 aliphatic rings. The molecule has 0 spiro atoms. The summed E-state index contributed by atoms with van der Waals surface area (Å²) in [7, 11) is 1.72. The molecule has 0 radical (unpaired) electrons. The molecule has 7 nitrogen and oxygen atoms in total. The molecule has 0 aliphatic carbocycles. The molecular weight excluding hydrogens is 344 g/mol. The van der Waals surface area contributed by atoms with Crippen molar-refractivity contribution in [2.45, 2.75) is 6.92 Å². The maximum Gasteiger partial charge on any atom is 0.272 e. The number of carbonyl (C=O) groups excluding carboxylic acids is 1. The molecule has 7 heteroatoms. The van der Waals surface area contributed by atoms with Crippen LogP contribution >= 0.6 is 0 Å². The summed E-state index contributed by atoms with van der Waals surface area (Å²) in [6, 6.07) is 14.1. The van der Waals surface area contributed by atoms with Crippen LogP contribution in [0.4, 0.5) is 5.69 Å². The first-order chi connectivity index (χ1) is 13.1. The number of hydrogen-bond acceptors (Lipinski definition) is 4. The lowest BCUT2D eigenvalue weighted by Crippen LogP contribution is -2.16. The number of amides is 1. The molecule has 0 atom stereocenters. The van der Waals surface area contributed by atoms with E-state index >= 15 is 0 Å². The first kappa shape index (κ1) is 16.8. The van der Waals surface area contributed by atoms with E-state index in [-0.39, 0.29) is 11.5 Å². The van der Waals surface area contributed by atoms with E-state index in [1.807, 2.05) is 25.1 Å². The Morgan fingerprint density at radius 2 is 1.96 bits per heavy atom. The van der Waals surface area contributed by atoms with Crippen molar-refractivity contribution in [3.63, 3.8) is 0 Å². The van der Waals surface area contributed by atoms with Gasteiger partial charge in [0.1, 0.15) is 22.7 Å². The maximum atomic E-state index is 12.8. The van der Waals surface area contributed by atoms with E-state index in [9.17, 15) is 9.59 Å². The van der Waals surface area contributed by atoms with Gasteiger partial charge in [0.2, 0.25) is 0 Å². The molecule has 1 amide bonds. The highest BCUT2D eigenvalue weighted by atomic mass is 16.5. The van der Waals surface area contributed by atoms with Gasteiger partial charge in [-0.1, -0.05) is 18.2 Å². The molecule has 0 saturated carbocycles. The predicted octanol–water partition coefficient (Wildman–Crippen LogP) is 2.84. The minimum atomic E-state index is -0.337. The van der Waals surface area contributed by atoms with Gasteiger partial charge in [-0.25, -0.2) is 4.98 Å². The van der Waals surface area contributed by atoms with Crippen LogP contribution in [0.15, 0.2) is 59.5 Å². The number of rotatable bonds is 4. The van der Waals surface area contributed by atoms with Gasteiger partial charge in [0.25, 0.3) is 11.5 Å². The molecular formula is C20H18N4O3. The molecule has 4 aromatic rings. The first-order valence-electron chi connectivity index (χ1n) is 8.60. The van der Waals surface area contributed by atoms with Crippen molar-refractivity contribution in [2.24, 2.45) is 7.05 Å². The summed E-state index contributed by atoms with van der Waals surface area (Å²) in [6.45, 7) is 2.38. The largest absolute Gasteiger partial charge is 0.492 e. The number of ether oxygens (including phenoxy) is 1. The van der Waals surface area contributed by atoms with E-state index in [0.717, 1.165) is 0 Å². The van der Waals surface area contributed by atoms with Gasteiger partial charge in [-0.15, -0.1) is 0 Å². The lowest BCUT2D eigenvalue weighted by molar-refractivity contribution is 0.101. The molecule has 0 unspecified atom stereocenters. The molecule has 0 fully saturated rings. The van der Waals surface area contributed by atoms with E-state index in [1.165, 1.54) is 4.40 Å². The number of aromatic nitrogens is 3. The standard InChI is InChI=1S/C20H18N4O3/c1-3-27-16-9-5-4-8-14(16)21-19(25)15-12-13-18(23(15)2)22-17-10-6-7-11-24(17)20(13)26/h4-12H,3H2,1-2H3,(H,21,25). The van der Waals surface area contributed by atoms with Crippen molar-refractivity contribution in [1.29, 1.82) is 0 Å². The summed E-state index contributed by atoms with van der Waals surface area (Å²) in [5, 5.41) is 3.25. The Kier molecular flexibility index (Phi) is 4.12. The zero-order valence-electron chi connectivity index (χ0n) is 15.0. The number of fused-ring (bicyclic) bond motifs is 2. The minimum Gasteiger partial charge on any atom is -0.492 e. The number of nitrogens with zero attached hydrogens (tertiary/aromatic N) is 3. The third-order valence-corrected chi connectivity index (χ3v) is 4.38. The Balaban J connectivity index is 1.79. The minimum absolute atomic E-state index is 0.208. The number of aryl methyl sites for hydroxylation is 1. The van der Waals surface area contributed by atoms with Crippen molar-refractivity contribution < 1.29 is 9.53 Å². The normalized spacial score (nSPS) is 11.0. The topological polar surface area (TPSA) is 77.6 Å². The van der Waals surface area contributed by atoms with Crippen molar-refractivity contribution in [3.8, 4) is 5.75 Å². The highest BCUT2D eigenvalue weighted by Crippen LogP contribution is 2.25. The molecule has 0 bridgehead atoms. The van der Waals surface area contributed by atoms with E-state index in [4.69, 9.17) is 4.74 Å². The van der Waals surface area contributed by atoms with Gasteiger partial charge < -0.3 is 14.6 Å². The number of carbonyl (C=O) groups is 1. The Morgan fingerprint density at radius 3 is 2.78 bits per heavy atom. The molecule has 3 aromatic heterocycles. The van der Waals surface area contributed by atoms with Gasteiger partial charge in [-0.2, -0.15) is 0 Å². The lowest BCUT2D eigenvalue weighted by atomic mass is 10.2. The summed E-state index contributed by atoms with van der Waals surface area (Å²) in [5.41, 5.74) is 1.71. The molecule has 0 aliphatic heterocycles. The van der Waals surface area contributed by atoms with Gasteiger partial charge >= 0.3 is 0 Å². The molecule has 1 aromatic carbocycles. The summed E-state index contributed by atoms with van der Waals surface area (Å²) in [4.78, 5) is 30.1. The number of nitrogens with one attached hydrogen (secondary N) is 1. The van der Waals surface area contributed by atoms with Crippen molar-refractivity contribution in [2.75, 3.05) is 11.9 Å². The summed E-state index contributed by atoms with van der Waals surface area (Å²) in [5.74, 6) is 0.257. The maximum absolute atomic E-state index is 12.8. The van der Waals surface area contributed by atoms with Gasteiger partial charge in [0.15, 0.2) is 0 Å². The molecule has 27 heavy (non-hydrogen) atoms. The molecule has 4 rings (SSSR count). The quantitative estimate of drug-likeness (QED) is 0.606. The number of pyridine rings is 1. The van der Waals surface area contributed by atoms with Crippen LogP contribution in [-0.2, 0) is 7.05 Å². The smallest absolute Gasteiger partial charge is 0.272 e. The Labute approximate surface area is 154 Å². The summed E-state index contributed by atoms with van der Waals surface area (Å²) >= 11 is 0. The molecule has 1 N–H and O–H groups in total. The SMILES string of the molecule is CCOc1ccccc1NC(=O)c1cc2c(=O)n3ccccc3nc2n1C. The average molecular weight is 362 g/mol. The van der Waals surface area contributed by atoms with Crippen LogP contribution in [0.2, 0.25) is 0 Å². The fraction of sp³-hybridized carbons (Fsp3) is 0.150. The Morgan fingerprint density at radius 1 is 1.19 bits per heavy atom. The Hall–Kier alpha value is -3.61.